The molecule has 1 N–H and O–H groups in total. The molecule has 0 saturated carbocycles. The largest absolute Gasteiger partial charge is 0.465 e. The van der Waals surface area contributed by atoms with Crippen LogP contribution in [0.1, 0.15) is 46.8 Å². The molecular weight excluding hydrogens is 502 g/mol. The van der Waals surface area contributed by atoms with Crippen LogP contribution in [0.3, 0.4) is 0 Å². The summed E-state index contributed by atoms with van der Waals surface area (Å²) in [6.07, 6.45) is 0.875. The number of esters is 1. The zero-order valence-electron chi connectivity index (χ0n) is 21.4. The molecule has 0 spiro atoms. The fraction of sp³-hybridized carbons (Fsp3) is 0.300. The zero-order valence-corrected chi connectivity index (χ0v) is 22.2. The van der Waals surface area contributed by atoms with Crippen LogP contribution in [-0.4, -0.2) is 60.9 Å². The van der Waals surface area contributed by atoms with Gasteiger partial charge in [-0.05, 0) is 35.7 Å². The van der Waals surface area contributed by atoms with Crippen molar-refractivity contribution in [2.45, 2.75) is 25.3 Å². The van der Waals surface area contributed by atoms with Crippen LogP contribution < -0.4 is 5.32 Å². The van der Waals surface area contributed by atoms with Gasteiger partial charge in [0.05, 0.1) is 24.4 Å². The lowest BCUT2D eigenvalue weighted by atomic mass is 9.96. The Balaban J connectivity index is 1.28. The van der Waals surface area contributed by atoms with E-state index in [1.165, 1.54) is 24.3 Å². The maximum Gasteiger partial charge on any atom is 0.340 e. The van der Waals surface area contributed by atoms with Crippen LogP contribution in [0.15, 0.2) is 78.9 Å². The first-order chi connectivity index (χ1) is 18.5. The topological polar surface area (TPSA) is 78.9 Å². The van der Waals surface area contributed by atoms with Crippen molar-refractivity contribution in [2.75, 3.05) is 38.6 Å². The fourth-order valence-electron chi connectivity index (χ4n) is 4.79. The van der Waals surface area contributed by atoms with Gasteiger partial charge in [0.25, 0.3) is 0 Å². The lowest BCUT2D eigenvalue weighted by molar-refractivity contribution is -0.133. The van der Waals surface area contributed by atoms with Crippen LogP contribution in [0.4, 0.5) is 5.69 Å². The summed E-state index contributed by atoms with van der Waals surface area (Å²) in [5, 5.41) is 3.09. The van der Waals surface area contributed by atoms with Gasteiger partial charge in [0.1, 0.15) is 0 Å². The molecule has 0 unspecified atom stereocenters. The van der Waals surface area contributed by atoms with Gasteiger partial charge in [0.15, 0.2) is 0 Å². The number of piperazine rings is 1. The first kappa shape index (κ1) is 27.4. The van der Waals surface area contributed by atoms with Crippen molar-refractivity contribution in [1.82, 2.24) is 9.80 Å². The SMILES string of the molecule is COC(=O)c1cc(Cl)ccc1NC(=O)CCCC(=O)N1CCN(C(c2ccccc2)c2ccccc2)CC1. The molecule has 4 rings (SSSR count). The smallest absolute Gasteiger partial charge is 0.340 e. The van der Waals surface area contributed by atoms with Crippen LogP contribution >= 0.6 is 11.6 Å². The lowest BCUT2D eigenvalue weighted by Gasteiger charge is -2.40. The second-order valence-electron chi connectivity index (χ2n) is 9.22. The lowest BCUT2D eigenvalue weighted by Crippen LogP contribution is -2.49. The molecule has 198 valence electrons. The number of rotatable bonds is 9. The second-order valence-corrected chi connectivity index (χ2v) is 9.66. The summed E-state index contributed by atoms with van der Waals surface area (Å²) in [6.45, 7) is 2.84. The number of amides is 2. The maximum atomic E-state index is 12.9. The predicted molar refractivity (Wildman–Crippen MR) is 148 cm³/mol. The molecule has 1 saturated heterocycles. The van der Waals surface area contributed by atoms with Gasteiger partial charge in [0.2, 0.25) is 11.8 Å². The standard InChI is InChI=1S/C30H32ClN3O4/c1-38-30(37)25-21-24(31)15-16-26(25)32-27(35)13-8-14-28(36)33-17-19-34(20-18-33)29(22-9-4-2-5-10-22)23-11-6-3-7-12-23/h2-7,9-12,15-16,21,29H,8,13-14,17-20H2,1H3,(H,32,35). The number of anilines is 1. The number of carbonyl (C=O) groups is 3. The van der Waals surface area contributed by atoms with E-state index in [4.69, 9.17) is 16.3 Å². The van der Waals surface area contributed by atoms with Crippen LogP contribution in [0, 0.1) is 0 Å². The zero-order chi connectivity index (χ0) is 26.9. The molecule has 7 nitrogen and oxygen atoms in total. The molecule has 2 amide bonds. The van der Waals surface area contributed by atoms with Gasteiger partial charge >= 0.3 is 5.97 Å². The first-order valence-corrected chi connectivity index (χ1v) is 13.1. The Morgan fingerprint density at radius 2 is 1.47 bits per heavy atom. The maximum absolute atomic E-state index is 12.9. The van der Waals surface area contributed by atoms with Crippen LogP contribution in [0.5, 0.6) is 0 Å². The van der Waals surface area contributed by atoms with E-state index >= 15 is 0 Å². The number of methoxy groups -OCH3 is 1. The minimum Gasteiger partial charge on any atom is -0.465 e. The molecule has 0 aliphatic carbocycles. The van der Waals surface area contributed by atoms with Crippen molar-refractivity contribution in [1.29, 1.82) is 0 Å². The third kappa shape index (κ3) is 7.00. The van der Waals surface area contributed by atoms with Gasteiger partial charge in [-0.15, -0.1) is 0 Å². The number of ether oxygens (including phenoxy) is 1. The Bertz CT molecular complexity index is 1210. The Labute approximate surface area is 228 Å². The molecule has 0 bridgehead atoms. The molecule has 0 atom stereocenters. The van der Waals surface area contributed by atoms with E-state index in [1.54, 1.807) is 12.1 Å². The van der Waals surface area contributed by atoms with Crippen LogP contribution in [0.2, 0.25) is 5.02 Å². The first-order valence-electron chi connectivity index (χ1n) is 12.8. The van der Waals surface area contributed by atoms with Gasteiger partial charge in [-0.1, -0.05) is 72.3 Å². The summed E-state index contributed by atoms with van der Waals surface area (Å²) < 4.78 is 4.76. The van der Waals surface area contributed by atoms with Crippen molar-refractivity contribution in [2.24, 2.45) is 0 Å². The fourth-order valence-corrected chi connectivity index (χ4v) is 4.96. The van der Waals surface area contributed by atoms with Gasteiger partial charge in [-0.25, -0.2) is 4.79 Å². The molecule has 3 aromatic carbocycles. The molecule has 1 heterocycles. The highest BCUT2D eigenvalue weighted by atomic mass is 35.5. The van der Waals surface area contributed by atoms with E-state index in [0.29, 0.717) is 36.6 Å². The highest BCUT2D eigenvalue weighted by Crippen LogP contribution is 2.29. The molecule has 38 heavy (non-hydrogen) atoms. The van der Waals surface area contributed by atoms with E-state index in [9.17, 15) is 14.4 Å². The predicted octanol–water partition coefficient (Wildman–Crippen LogP) is 5.17. The average molecular weight is 534 g/mol. The highest BCUT2D eigenvalue weighted by Gasteiger charge is 2.28. The van der Waals surface area contributed by atoms with Crippen molar-refractivity contribution < 1.29 is 19.1 Å². The Hall–Kier alpha value is -3.68. The quantitative estimate of drug-likeness (QED) is 0.384. The molecule has 1 fully saturated rings. The normalized spacial score (nSPS) is 13.8. The van der Waals surface area contributed by atoms with E-state index in [1.807, 2.05) is 17.0 Å². The number of carbonyl (C=O) groups excluding carboxylic acids is 3. The van der Waals surface area contributed by atoms with Crippen molar-refractivity contribution in [3.05, 3.63) is 101 Å². The third-order valence-electron chi connectivity index (χ3n) is 6.72. The highest BCUT2D eigenvalue weighted by molar-refractivity contribution is 6.31. The number of benzene rings is 3. The van der Waals surface area contributed by atoms with Crippen molar-refractivity contribution in [3.8, 4) is 0 Å². The second kappa shape index (κ2) is 13.2. The third-order valence-corrected chi connectivity index (χ3v) is 6.95. The molecule has 0 aromatic heterocycles. The van der Waals surface area contributed by atoms with Crippen LogP contribution in [0.25, 0.3) is 0 Å². The number of hydrogen-bond acceptors (Lipinski definition) is 5. The van der Waals surface area contributed by atoms with Gasteiger partial charge in [-0.2, -0.15) is 0 Å². The van der Waals surface area contributed by atoms with Crippen LogP contribution in [-0.2, 0) is 14.3 Å². The van der Waals surface area contributed by atoms with Crippen molar-refractivity contribution >= 4 is 35.1 Å². The van der Waals surface area contributed by atoms with Gasteiger partial charge < -0.3 is 15.0 Å². The van der Waals surface area contributed by atoms with Gasteiger partial charge in [-0.3, -0.25) is 14.5 Å². The van der Waals surface area contributed by atoms with E-state index < -0.39 is 5.97 Å². The van der Waals surface area contributed by atoms with E-state index in [2.05, 4.69) is 58.7 Å². The summed E-state index contributed by atoms with van der Waals surface area (Å²) in [5.74, 6) is -0.808. The monoisotopic (exact) mass is 533 g/mol. The number of nitrogens with one attached hydrogen (secondary N) is 1. The summed E-state index contributed by atoms with van der Waals surface area (Å²) in [7, 11) is 1.27. The number of hydrogen-bond donors (Lipinski definition) is 1. The van der Waals surface area contributed by atoms with Gasteiger partial charge in [0, 0.05) is 44.0 Å². The summed E-state index contributed by atoms with van der Waals surface area (Å²) in [5.41, 5.74) is 2.99. The number of halogens is 1. The minimum absolute atomic E-state index is 0.0511. The Kier molecular flexibility index (Phi) is 9.51. The molecule has 1 aliphatic heterocycles. The van der Waals surface area contributed by atoms with Crippen molar-refractivity contribution in [3.63, 3.8) is 0 Å². The molecule has 3 aromatic rings. The molecule has 1 aliphatic rings. The molecule has 0 radical (unpaired) electrons. The average Bonchev–Trinajstić information content (AvgIpc) is 2.95. The summed E-state index contributed by atoms with van der Waals surface area (Å²) in [4.78, 5) is 41.6. The van der Waals surface area contributed by atoms with E-state index in [0.717, 1.165) is 13.1 Å². The number of nitrogens with zero attached hydrogens (tertiary/aromatic N) is 2. The summed E-state index contributed by atoms with van der Waals surface area (Å²) >= 11 is 5.97. The molecule has 8 heteroatoms. The minimum atomic E-state index is -0.584. The molecular formula is C30H32ClN3O4. The Morgan fingerprint density at radius 1 is 0.868 bits per heavy atom. The van der Waals surface area contributed by atoms with E-state index in [-0.39, 0.29) is 29.8 Å². The summed E-state index contributed by atoms with van der Waals surface area (Å²) in [6, 6.07) is 25.6. The Morgan fingerprint density at radius 3 is 2.05 bits per heavy atom.